The van der Waals surface area contributed by atoms with Gasteiger partial charge in [0.25, 0.3) is 5.69 Å². The summed E-state index contributed by atoms with van der Waals surface area (Å²) in [5.41, 5.74) is 5.44. The maximum absolute atomic E-state index is 12.4. The summed E-state index contributed by atoms with van der Waals surface area (Å²) in [6.45, 7) is 3.06. The largest absolute Gasteiger partial charge is 0.338 e. The van der Waals surface area contributed by atoms with Crippen LogP contribution >= 0.6 is 0 Å². The van der Waals surface area contributed by atoms with Crippen LogP contribution < -0.4 is 10.5 Å². The molecule has 1 aliphatic rings. The van der Waals surface area contributed by atoms with Crippen molar-refractivity contribution in [2.45, 2.75) is 37.1 Å². The van der Waals surface area contributed by atoms with E-state index >= 15 is 0 Å². The minimum atomic E-state index is -3.92. The van der Waals surface area contributed by atoms with Gasteiger partial charge in [0.15, 0.2) is 0 Å². The Bertz CT molecular complexity index is 768. The average molecular weight is 384 g/mol. The minimum Gasteiger partial charge on any atom is -0.338 e. The van der Waals surface area contributed by atoms with Crippen molar-refractivity contribution in [3.05, 3.63) is 34.4 Å². The summed E-state index contributed by atoms with van der Waals surface area (Å²) < 4.78 is 26.8. The van der Waals surface area contributed by atoms with E-state index in [-0.39, 0.29) is 35.5 Å². The van der Waals surface area contributed by atoms with E-state index in [1.54, 1.807) is 4.90 Å². The standard InChI is InChI=1S/C16H24N4O5S/c1-12-6-8-19(14(9-12)11-17)16(21)5-7-18-26(24,25)15-4-2-3-13(10-15)20(22)23/h2-4,10,12,14,18H,5-9,11,17H2,1H3. The Morgan fingerprint density at radius 2 is 2.19 bits per heavy atom. The fourth-order valence-corrected chi connectivity index (χ4v) is 4.16. The van der Waals surface area contributed by atoms with Gasteiger partial charge in [-0.3, -0.25) is 14.9 Å². The number of hydrogen-bond donors (Lipinski definition) is 2. The number of nitrogens with two attached hydrogens (primary N) is 1. The first kappa shape index (κ1) is 20.3. The van der Waals surface area contributed by atoms with E-state index in [9.17, 15) is 23.3 Å². The Balaban J connectivity index is 1.94. The van der Waals surface area contributed by atoms with Crippen LogP contribution in [-0.4, -0.2) is 49.8 Å². The van der Waals surface area contributed by atoms with Gasteiger partial charge in [0, 0.05) is 44.2 Å². The summed E-state index contributed by atoms with van der Waals surface area (Å²) in [4.78, 5) is 24.0. The third kappa shape index (κ3) is 4.99. The summed E-state index contributed by atoms with van der Waals surface area (Å²) in [7, 11) is -3.92. The molecular weight excluding hydrogens is 360 g/mol. The SMILES string of the molecule is CC1CCN(C(=O)CCNS(=O)(=O)c2cccc([N+](=O)[O-])c2)C(CN)C1. The fourth-order valence-electron chi connectivity index (χ4n) is 3.09. The maximum Gasteiger partial charge on any atom is 0.270 e. The molecule has 2 rings (SSSR count). The molecule has 0 radical (unpaired) electrons. The number of rotatable bonds is 7. The molecular formula is C16H24N4O5S. The Morgan fingerprint density at radius 3 is 2.85 bits per heavy atom. The molecule has 2 unspecified atom stereocenters. The lowest BCUT2D eigenvalue weighted by atomic mass is 9.92. The second-order valence-corrected chi connectivity index (χ2v) is 8.28. The Morgan fingerprint density at radius 1 is 1.46 bits per heavy atom. The van der Waals surface area contributed by atoms with Gasteiger partial charge in [-0.15, -0.1) is 0 Å². The molecule has 1 aliphatic heterocycles. The highest BCUT2D eigenvalue weighted by Gasteiger charge is 2.28. The van der Waals surface area contributed by atoms with Crippen LogP contribution in [0.2, 0.25) is 0 Å². The number of nitro groups is 1. The highest BCUT2D eigenvalue weighted by molar-refractivity contribution is 7.89. The molecule has 1 heterocycles. The fraction of sp³-hybridized carbons (Fsp3) is 0.562. The third-order valence-corrected chi connectivity index (χ3v) is 6.00. The highest BCUT2D eigenvalue weighted by atomic mass is 32.2. The van der Waals surface area contributed by atoms with Crippen molar-refractivity contribution >= 4 is 21.6 Å². The smallest absolute Gasteiger partial charge is 0.270 e. The van der Waals surface area contributed by atoms with E-state index in [4.69, 9.17) is 5.73 Å². The Labute approximate surface area is 152 Å². The lowest BCUT2D eigenvalue weighted by molar-refractivity contribution is -0.385. The number of nitro benzene ring substituents is 1. The summed E-state index contributed by atoms with van der Waals surface area (Å²) >= 11 is 0. The predicted molar refractivity (Wildman–Crippen MR) is 95.9 cm³/mol. The van der Waals surface area contributed by atoms with Crippen LogP contribution in [0.4, 0.5) is 5.69 Å². The topological polar surface area (TPSA) is 136 Å². The molecule has 1 amide bonds. The van der Waals surface area contributed by atoms with Gasteiger partial charge in [0.05, 0.1) is 9.82 Å². The molecule has 0 saturated carbocycles. The number of non-ortho nitro benzene ring substituents is 1. The molecule has 0 spiro atoms. The first-order chi connectivity index (χ1) is 12.2. The van der Waals surface area contributed by atoms with Crippen LogP contribution in [0.15, 0.2) is 29.2 Å². The van der Waals surface area contributed by atoms with E-state index in [0.717, 1.165) is 18.9 Å². The van der Waals surface area contributed by atoms with Crippen molar-refractivity contribution < 1.29 is 18.1 Å². The summed E-state index contributed by atoms with van der Waals surface area (Å²) in [6.07, 6.45) is 1.77. The maximum atomic E-state index is 12.4. The van der Waals surface area contributed by atoms with E-state index in [1.807, 2.05) is 0 Å². The number of hydrogen-bond acceptors (Lipinski definition) is 6. The Hall–Kier alpha value is -2.04. The van der Waals surface area contributed by atoms with E-state index in [0.29, 0.717) is 19.0 Å². The zero-order chi connectivity index (χ0) is 19.3. The molecule has 0 aromatic heterocycles. The molecule has 2 atom stereocenters. The number of likely N-dealkylation sites (tertiary alicyclic amines) is 1. The molecule has 3 N–H and O–H groups in total. The molecule has 1 fully saturated rings. The third-order valence-electron chi connectivity index (χ3n) is 4.54. The van der Waals surface area contributed by atoms with Crippen molar-refractivity contribution in [3.8, 4) is 0 Å². The summed E-state index contributed by atoms with van der Waals surface area (Å²) in [6, 6.07) is 4.76. The number of sulfonamides is 1. The molecule has 1 aromatic carbocycles. The zero-order valence-electron chi connectivity index (χ0n) is 14.6. The van der Waals surface area contributed by atoms with E-state index in [1.165, 1.54) is 18.2 Å². The highest BCUT2D eigenvalue weighted by Crippen LogP contribution is 2.22. The van der Waals surface area contributed by atoms with Gasteiger partial charge in [0.2, 0.25) is 15.9 Å². The quantitative estimate of drug-likeness (QED) is 0.528. The van der Waals surface area contributed by atoms with Crippen molar-refractivity contribution in [1.82, 2.24) is 9.62 Å². The van der Waals surface area contributed by atoms with Crippen molar-refractivity contribution in [3.63, 3.8) is 0 Å². The van der Waals surface area contributed by atoms with E-state index < -0.39 is 14.9 Å². The zero-order valence-corrected chi connectivity index (χ0v) is 15.4. The van der Waals surface area contributed by atoms with Crippen LogP contribution in [0.3, 0.4) is 0 Å². The average Bonchev–Trinajstić information content (AvgIpc) is 2.61. The number of carbonyl (C=O) groups excluding carboxylic acids is 1. The second kappa shape index (κ2) is 8.56. The van der Waals surface area contributed by atoms with Crippen LogP contribution in [0.5, 0.6) is 0 Å². The van der Waals surface area contributed by atoms with Crippen LogP contribution in [0, 0.1) is 16.0 Å². The van der Waals surface area contributed by atoms with Gasteiger partial charge < -0.3 is 10.6 Å². The van der Waals surface area contributed by atoms with Crippen molar-refractivity contribution in [2.75, 3.05) is 19.6 Å². The predicted octanol–water partition coefficient (Wildman–Crippen LogP) is 0.849. The number of piperidine rings is 1. The summed E-state index contributed by atoms with van der Waals surface area (Å²) in [5.74, 6) is 0.370. The second-order valence-electron chi connectivity index (χ2n) is 6.51. The molecule has 0 aliphatic carbocycles. The van der Waals surface area contributed by atoms with Crippen molar-refractivity contribution in [1.29, 1.82) is 0 Å². The van der Waals surface area contributed by atoms with Gasteiger partial charge in [-0.2, -0.15) is 0 Å². The van der Waals surface area contributed by atoms with Gasteiger partial charge in [-0.25, -0.2) is 13.1 Å². The normalized spacial score (nSPS) is 20.8. The number of nitrogens with one attached hydrogen (secondary N) is 1. The van der Waals surface area contributed by atoms with Crippen LogP contribution in [0.1, 0.15) is 26.2 Å². The molecule has 9 nitrogen and oxygen atoms in total. The lowest BCUT2D eigenvalue weighted by Crippen LogP contribution is -2.49. The van der Waals surface area contributed by atoms with Gasteiger partial charge in [0.1, 0.15) is 0 Å². The number of amides is 1. The molecule has 1 aromatic rings. The van der Waals surface area contributed by atoms with Gasteiger partial charge in [-0.1, -0.05) is 13.0 Å². The Kier molecular flexibility index (Phi) is 6.68. The molecule has 144 valence electrons. The molecule has 1 saturated heterocycles. The number of nitrogens with zero attached hydrogens (tertiary/aromatic N) is 2. The van der Waals surface area contributed by atoms with Crippen molar-refractivity contribution in [2.24, 2.45) is 11.7 Å². The number of carbonyl (C=O) groups is 1. The van der Waals surface area contributed by atoms with Gasteiger partial charge >= 0.3 is 0 Å². The van der Waals surface area contributed by atoms with Crippen LogP contribution in [0.25, 0.3) is 0 Å². The molecule has 26 heavy (non-hydrogen) atoms. The molecule has 0 bridgehead atoms. The lowest BCUT2D eigenvalue weighted by Gasteiger charge is -2.38. The van der Waals surface area contributed by atoms with Gasteiger partial charge in [-0.05, 0) is 24.8 Å². The minimum absolute atomic E-state index is 0.0129. The first-order valence-corrected chi connectivity index (χ1v) is 9.96. The van der Waals surface area contributed by atoms with E-state index in [2.05, 4.69) is 11.6 Å². The summed E-state index contributed by atoms with van der Waals surface area (Å²) in [5, 5.41) is 10.8. The molecule has 10 heteroatoms. The monoisotopic (exact) mass is 384 g/mol. The number of benzene rings is 1. The first-order valence-electron chi connectivity index (χ1n) is 8.48. The van der Waals surface area contributed by atoms with Crippen LogP contribution in [-0.2, 0) is 14.8 Å².